The SMILES string of the molecule is COc1ccc(-n2c(-c3ccccc3)c(-c3ccc(-c4ccc(-c5ccc(C=O)s5)s4)s3)c3ccccc32)cc1. The van der Waals surface area contributed by atoms with E-state index in [1.807, 2.05) is 35.6 Å². The molecule has 6 heteroatoms. The molecule has 0 bridgehead atoms. The Morgan fingerprint density at radius 3 is 1.90 bits per heavy atom. The molecule has 4 aromatic heterocycles. The molecule has 3 aromatic carbocycles. The number of fused-ring (bicyclic) bond motifs is 1. The molecule has 0 atom stereocenters. The van der Waals surface area contributed by atoms with E-state index in [1.54, 1.807) is 18.4 Å². The van der Waals surface area contributed by atoms with Gasteiger partial charge in [0.15, 0.2) is 6.29 Å². The largest absolute Gasteiger partial charge is 0.497 e. The van der Waals surface area contributed by atoms with Crippen molar-refractivity contribution in [3.05, 3.63) is 120 Å². The lowest BCUT2D eigenvalue weighted by molar-refractivity contribution is 0.112. The summed E-state index contributed by atoms with van der Waals surface area (Å²) in [4.78, 5) is 17.9. The summed E-state index contributed by atoms with van der Waals surface area (Å²) in [5.41, 5.74) is 5.83. The van der Waals surface area contributed by atoms with E-state index in [9.17, 15) is 4.79 Å². The van der Waals surface area contributed by atoms with Crippen LogP contribution in [0.2, 0.25) is 0 Å². The van der Waals surface area contributed by atoms with Gasteiger partial charge >= 0.3 is 0 Å². The number of hydrogen-bond acceptors (Lipinski definition) is 5. The van der Waals surface area contributed by atoms with Gasteiger partial charge in [-0.2, -0.15) is 0 Å². The topological polar surface area (TPSA) is 31.2 Å². The van der Waals surface area contributed by atoms with Gasteiger partial charge in [0.1, 0.15) is 5.75 Å². The number of para-hydroxylation sites is 1. The Bertz CT molecular complexity index is 1960. The summed E-state index contributed by atoms with van der Waals surface area (Å²) in [5.74, 6) is 0.838. The summed E-state index contributed by atoms with van der Waals surface area (Å²) in [5, 5.41) is 1.22. The number of benzene rings is 3. The fourth-order valence-corrected chi connectivity index (χ4v) is 8.19. The lowest BCUT2D eigenvalue weighted by Crippen LogP contribution is -1.97. The van der Waals surface area contributed by atoms with Gasteiger partial charge in [-0.1, -0.05) is 48.5 Å². The molecule has 0 amide bonds. The van der Waals surface area contributed by atoms with Crippen LogP contribution in [0.15, 0.2) is 115 Å². The number of methoxy groups -OCH3 is 1. The molecule has 0 saturated heterocycles. The number of carbonyl (C=O) groups is 1. The van der Waals surface area contributed by atoms with Gasteiger partial charge in [0.2, 0.25) is 0 Å². The molecule has 4 heterocycles. The van der Waals surface area contributed by atoms with E-state index < -0.39 is 0 Å². The number of carbonyl (C=O) groups excluding carboxylic acids is 1. The van der Waals surface area contributed by atoms with Crippen molar-refractivity contribution in [2.24, 2.45) is 0 Å². The Morgan fingerprint density at radius 1 is 0.625 bits per heavy atom. The summed E-state index contributed by atoms with van der Waals surface area (Å²) in [6.45, 7) is 0. The Kier molecular flexibility index (Phi) is 6.44. The lowest BCUT2D eigenvalue weighted by atomic mass is 10.0. The zero-order valence-electron chi connectivity index (χ0n) is 21.5. The van der Waals surface area contributed by atoms with E-state index in [2.05, 4.69) is 95.6 Å². The van der Waals surface area contributed by atoms with Crippen molar-refractivity contribution in [2.75, 3.05) is 7.11 Å². The molecule has 0 N–H and O–H groups in total. The van der Waals surface area contributed by atoms with E-state index in [1.165, 1.54) is 58.6 Å². The van der Waals surface area contributed by atoms with Crippen LogP contribution in [-0.4, -0.2) is 18.0 Å². The molecule has 0 radical (unpaired) electrons. The molecule has 7 rings (SSSR count). The highest BCUT2D eigenvalue weighted by molar-refractivity contribution is 7.27. The molecule has 3 nitrogen and oxygen atoms in total. The van der Waals surface area contributed by atoms with Crippen LogP contribution in [0.4, 0.5) is 0 Å². The normalized spacial score (nSPS) is 11.2. The van der Waals surface area contributed by atoms with Gasteiger partial charge in [-0.15, -0.1) is 34.0 Å². The van der Waals surface area contributed by atoms with Crippen molar-refractivity contribution < 1.29 is 9.53 Å². The average molecular weight is 574 g/mol. The highest BCUT2D eigenvalue weighted by atomic mass is 32.1. The van der Waals surface area contributed by atoms with Crippen molar-refractivity contribution in [3.8, 4) is 52.6 Å². The van der Waals surface area contributed by atoms with Crippen LogP contribution in [0.1, 0.15) is 9.67 Å². The van der Waals surface area contributed by atoms with E-state index in [0.29, 0.717) is 0 Å². The number of hydrogen-bond donors (Lipinski definition) is 0. The van der Waals surface area contributed by atoms with Crippen molar-refractivity contribution in [1.82, 2.24) is 4.57 Å². The number of ether oxygens (including phenoxy) is 1. The summed E-state index contributed by atoms with van der Waals surface area (Å²) >= 11 is 5.12. The highest BCUT2D eigenvalue weighted by Crippen LogP contribution is 2.47. The first-order valence-corrected chi connectivity index (χ1v) is 15.3. The predicted octanol–water partition coefficient (Wildman–Crippen LogP) is 10.3. The minimum atomic E-state index is 0.755. The molecule has 0 aliphatic carbocycles. The van der Waals surface area contributed by atoms with Crippen LogP contribution in [0.25, 0.3) is 57.8 Å². The van der Waals surface area contributed by atoms with Gasteiger partial charge in [0.05, 0.1) is 23.2 Å². The molecule has 7 aromatic rings. The van der Waals surface area contributed by atoms with Crippen LogP contribution in [0.3, 0.4) is 0 Å². The second-order valence-corrected chi connectivity index (χ2v) is 12.6. The maximum atomic E-state index is 11.2. The quantitative estimate of drug-likeness (QED) is 0.178. The maximum absolute atomic E-state index is 11.2. The number of thiophene rings is 3. The number of rotatable bonds is 7. The Labute approximate surface area is 244 Å². The second-order valence-electron chi connectivity index (χ2n) is 9.29. The van der Waals surface area contributed by atoms with Gasteiger partial charge in [-0.05, 0) is 72.3 Å². The third kappa shape index (κ3) is 4.31. The average Bonchev–Trinajstić information content (AvgIpc) is 3.82. The molecule has 0 aliphatic rings. The first kappa shape index (κ1) is 24.8. The van der Waals surface area contributed by atoms with Crippen molar-refractivity contribution in [3.63, 3.8) is 0 Å². The summed E-state index contributed by atoms with van der Waals surface area (Å²) < 4.78 is 7.81. The Balaban J connectivity index is 1.40. The fraction of sp³-hybridized carbons (Fsp3) is 0.0294. The predicted molar refractivity (Wildman–Crippen MR) is 171 cm³/mol. The van der Waals surface area contributed by atoms with Gasteiger partial charge < -0.3 is 9.30 Å². The molecule has 0 aliphatic heterocycles. The number of aldehydes is 1. The second kappa shape index (κ2) is 10.4. The summed E-state index contributed by atoms with van der Waals surface area (Å²) in [7, 11) is 1.70. The summed E-state index contributed by atoms with van der Waals surface area (Å²) in [6.07, 6.45) is 0.918. The first-order chi connectivity index (χ1) is 19.7. The van der Waals surface area contributed by atoms with Crippen LogP contribution in [0, 0.1) is 0 Å². The molecule has 0 saturated carbocycles. The van der Waals surface area contributed by atoms with E-state index in [0.717, 1.165) is 27.5 Å². The Morgan fingerprint density at radius 2 is 1.23 bits per heavy atom. The fourth-order valence-electron chi connectivity index (χ4n) is 5.11. The smallest absolute Gasteiger partial charge is 0.160 e. The molecule has 0 unspecified atom stereocenters. The highest BCUT2D eigenvalue weighted by Gasteiger charge is 2.22. The van der Waals surface area contributed by atoms with Gasteiger partial charge in [-0.25, -0.2) is 0 Å². The number of nitrogens with zero attached hydrogens (tertiary/aromatic N) is 1. The van der Waals surface area contributed by atoms with E-state index in [4.69, 9.17) is 4.74 Å². The van der Waals surface area contributed by atoms with E-state index >= 15 is 0 Å². The van der Waals surface area contributed by atoms with Gasteiger partial charge in [-0.3, -0.25) is 4.79 Å². The van der Waals surface area contributed by atoms with Crippen molar-refractivity contribution in [2.45, 2.75) is 0 Å². The third-order valence-electron chi connectivity index (χ3n) is 6.94. The van der Waals surface area contributed by atoms with Crippen LogP contribution < -0.4 is 4.74 Å². The van der Waals surface area contributed by atoms with Crippen LogP contribution in [-0.2, 0) is 0 Å². The summed E-state index contributed by atoms with van der Waals surface area (Å²) in [6, 6.07) is 40.3. The number of aromatic nitrogens is 1. The monoisotopic (exact) mass is 573 g/mol. The van der Waals surface area contributed by atoms with Crippen LogP contribution in [0.5, 0.6) is 5.75 Å². The molecule has 194 valence electrons. The lowest BCUT2D eigenvalue weighted by Gasteiger charge is -2.13. The van der Waals surface area contributed by atoms with Crippen molar-refractivity contribution in [1.29, 1.82) is 0 Å². The molecule has 40 heavy (non-hydrogen) atoms. The maximum Gasteiger partial charge on any atom is 0.160 e. The standard InChI is InChI=1S/C34H23NO2S3/c1-37-24-13-11-23(12-14-24)35-27-10-6-5-9-26(27)33(34(35)22-7-3-2-4-8-22)32-20-19-31(40-32)30-18-17-29(39-30)28-16-15-25(21-36)38-28/h2-21H,1H3. The molecular formula is C34H23NO2S3. The van der Waals surface area contributed by atoms with E-state index in [-0.39, 0.29) is 0 Å². The third-order valence-corrected chi connectivity index (χ3v) is 10.5. The Hall–Kier alpha value is -4.23. The molecular weight excluding hydrogens is 551 g/mol. The first-order valence-electron chi connectivity index (χ1n) is 12.8. The minimum absolute atomic E-state index is 0.755. The zero-order chi connectivity index (χ0) is 27.1. The van der Waals surface area contributed by atoms with Crippen molar-refractivity contribution >= 4 is 51.2 Å². The minimum Gasteiger partial charge on any atom is -0.497 e. The van der Waals surface area contributed by atoms with Gasteiger partial charge in [0, 0.05) is 41.0 Å². The van der Waals surface area contributed by atoms with Gasteiger partial charge in [0.25, 0.3) is 0 Å². The molecule has 0 spiro atoms. The zero-order valence-corrected chi connectivity index (χ0v) is 24.0. The molecule has 0 fully saturated rings. The van der Waals surface area contributed by atoms with Crippen LogP contribution >= 0.6 is 34.0 Å².